The molecule has 0 spiro atoms. The monoisotopic (exact) mass is 378 g/mol. The fraction of sp³-hybridized carbons (Fsp3) is 0.391. The van der Waals surface area contributed by atoms with Gasteiger partial charge in [0.25, 0.3) is 0 Å². The first kappa shape index (κ1) is 18.3. The van der Waals surface area contributed by atoms with Crippen molar-refractivity contribution in [2.75, 3.05) is 13.1 Å². The Labute approximate surface area is 165 Å². The van der Waals surface area contributed by atoms with Gasteiger partial charge in [-0.2, -0.15) is 0 Å². The highest BCUT2D eigenvalue weighted by atomic mass is 32.1. The van der Waals surface area contributed by atoms with E-state index in [1.54, 1.807) is 18.3 Å². The number of fused-ring (bicyclic) bond motifs is 1. The zero-order valence-corrected chi connectivity index (χ0v) is 16.8. The topological polar surface area (TPSA) is 33.2 Å². The molecular formula is C23H26N2OS. The molecule has 1 aromatic heterocycles. The molecular weight excluding hydrogens is 352 g/mol. The normalized spacial score (nSPS) is 17.3. The van der Waals surface area contributed by atoms with E-state index in [2.05, 4.69) is 60.4 Å². The van der Waals surface area contributed by atoms with Gasteiger partial charge in [0.1, 0.15) is 10.8 Å². The van der Waals surface area contributed by atoms with Gasteiger partial charge in [-0.1, -0.05) is 36.4 Å². The number of aromatic nitrogens is 1. The fourth-order valence-corrected chi connectivity index (χ4v) is 5.49. The van der Waals surface area contributed by atoms with Gasteiger partial charge in [-0.05, 0) is 69.0 Å². The van der Waals surface area contributed by atoms with Gasteiger partial charge in [-0.3, -0.25) is 9.69 Å². The Morgan fingerprint density at radius 3 is 2.63 bits per heavy atom. The molecule has 27 heavy (non-hydrogen) atoms. The van der Waals surface area contributed by atoms with Gasteiger partial charge < -0.3 is 0 Å². The number of carbonyl (C=O) groups is 1. The Morgan fingerprint density at radius 2 is 1.93 bits per heavy atom. The van der Waals surface area contributed by atoms with Gasteiger partial charge in [0, 0.05) is 6.54 Å². The molecule has 140 valence electrons. The van der Waals surface area contributed by atoms with Crippen LogP contribution < -0.4 is 0 Å². The van der Waals surface area contributed by atoms with Gasteiger partial charge >= 0.3 is 0 Å². The number of rotatable bonds is 5. The van der Waals surface area contributed by atoms with Crippen LogP contribution in [0, 0.1) is 12.8 Å². The molecule has 3 nitrogen and oxygen atoms in total. The number of benzene rings is 2. The van der Waals surface area contributed by atoms with Crippen molar-refractivity contribution >= 4 is 27.3 Å². The molecule has 1 aliphatic rings. The number of carbonyl (C=O) groups excluding carboxylic acids is 1. The molecule has 0 bridgehead atoms. The second-order valence-electron chi connectivity index (χ2n) is 7.71. The molecule has 4 heteroatoms. The highest BCUT2D eigenvalue weighted by Gasteiger charge is 2.32. The number of nitrogens with zero attached hydrogens (tertiary/aromatic N) is 2. The minimum absolute atomic E-state index is 0.0541. The van der Waals surface area contributed by atoms with E-state index in [0.717, 1.165) is 43.0 Å². The van der Waals surface area contributed by atoms with Crippen molar-refractivity contribution in [1.29, 1.82) is 0 Å². The first-order valence-corrected chi connectivity index (χ1v) is 10.6. The fourth-order valence-electron chi connectivity index (χ4n) is 4.18. The van der Waals surface area contributed by atoms with E-state index in [4.69, 9.17) is 4.98 Å². The van der Waals surface area contributed by atoms with Gasteiger partial charge in [0.05, 0.1) is 16.1 Å². The average Bonchev–Trinajstić information content (AvgIpc) is 3.06. The molecule has 3 aromatic rings. The van der Waals surface area contributed by atoms with E-state index in [0.29, 0.717) is 5.92 Å². The van der Waals surface area contributed by atoms with Crippen molar-refractivity contribution < 1.29 is 4.79 Å². The minimum atomic E-state index is -0.0541. The smallest absolute Gasteiger partial charge is 0.139 e. The number of hydrogen-bond acceptors (Lipinski definition) is 4. The SMILES string of the molecule is CC(=O)C(c1nc2ccc(C)cc2s1)C1CCN(Cc2ccccc2)CC1. The molecule has 4 rings (SSSR count). The van der Waals surface area contributed by atoms with Crippen molar-refractivity contribution in [3.8, 4) is 0 Å². The number of Topliss-reactive ketones (excluding diaryl/α,β-unsaturated/α-hetero) is 1. The van der Waals surface area contributed by atoms with Crippen LogP contribution in [0.25, 0.3) is 10.2 Å². The number of piperidine rings is 1. The van der Waals surface area contributed by atoms with E-state index in [-0.39, 0.29) is 11.7 Å². The summed E-state index contributed by atoms with van der Waals surface area (Å²) >= 11 is 1.70. The Bertz CT molecular complexity index is 926. The summed E-state index contributed by atoms with van der Waals surface area (Å²) in [6.07, 6.45) is 2.12. The number of ketones is 1. The second-order valence-corrected chi connectivity index (χ2v) is 8.77. The zero-order valence-electron chi connectivity index (χ0n) is 16.0. The number of likely N-dealkylation sites (tertiary alicyclic amines) is 1. The third-order valence-corrected chi connectivity index (χ3v) is 6.72. The maximum Gasteiger partial charge on any atom is 0.139 e. The molecule has 0 saturated carbocycles. The minimum Gasteiger partial charge on any atom is -0.299 e. The lowest BCUT2D eigenvalue weighted by molar-refractivity contribution is -0.120. The average molecular weight is 379 g/mol. The predicted molar refractivity (Wildman–Crippen MR) is 112 cm³/mol. The van der Waals surface area contributed by atoms with Crippen molar-refractivity contribution in [2.24, 2.45) is 5.92 Å². The third-order valence-electron chi connectivity index (χ3n) is 5.62. The van der Waals surface area contributed by atoms with Gasteiger partial charge in [0.15, 0.2) is 0 Å². The zero-order chi connectivity index (χ0) is 18.8. The third kappa shape index (κ3) is 4.12. The molecule has 2 aromatic carbocycles. The predicted octanol–water partition coefficient (Wildman–Crippen LogP) is 5.19. The summed E-state index contributed by atoms with van der Waals surface area (Å²) in [7, 11) is 0. The van der Waals surface area contributed by atoms with E-state index in [9.17, 15) is 4.79 Å². The number of hydrogen-bond donors (Lipinski definition) is 0. The van der Waals surface area contributed by atoms with E-state index in [1.165, 1.54) is 15.8 Å². The summed E-state index contributed by atoms with van der Waals surface area (Å²) in [6.45, 7) is 6.93. The largest absolute Gasteiger partial charge is 0.299 e. The summed E-state index contributed by atoms with van der Waals surface area (Å²) in [5.41, 5.74) is 3.63. The Hall–Kier alpha value is -2.04. The molecule has 1 fully saturated rings. The lowest BCUT2D eigenvalue weighted by atomic mass is 9.82. The van der Waals surface area contributed by atoms with Gasteiger partial charge in [-0.25, -0.2) is 4.98 Å². The van der Waals surface area contributed by atoms with Crippen LogP contribution in [0.4, 0.5) is 0 Å². The van der Waals surface area contributed by atoms with Crippen molar-refractivity contribution in [2.45, 2.75) is 39.2 Å². The Kier molecular flexibility index (Phi) is 5.37. The summed E-state index contributed by atoms with van der Waals surface area (Å²) in [4.78, 5) is 19.8. The molecule has 2 heterocycles. The Balaban J connectivity index is 1.47. The summed E-state index contributed by atoms with van der Waals surface area (Å²) in [5.74, 6) is 0.602. The quantitative estimate of drug-likeness (QED) is 0.612. The Morgan fingerprint density at radius 1 is 1.19 bits per heavy atom. The van der Waals surface area contributed by atoms with Gasteiger partial charge in [-0.15, -0.1) is 11.3 Å². The lowest BCUT2D eigenvalue weighted by Crippen LogP contribution is -2.36. The molecule has 1 aliphatic heterocycles. The van der Waals surface area contributed by atoms with E-state index >= 15 is 0 Å². The van der Waals surface area contributed by atoms with E-state index < -0.39 is 0 Å². The summed E-state index contributed by atoms with van der Waals surface area (Å²) in [5, 5.41) is 1.00. The van der Waals surface area contributed by atoms with Crippen LogP contribution in [0.5, 0.6) is 0 Å². The molecule has 0 radical (unpaired) electrons. The summed E-state index contributed by atoms with van der Waals surface area (Å²) < 4.78 is 1.19. The lowest BCUT2D eigenvalue weighted by Gasteiger charge is -2.34. The maximum absolute atomic E-state index is 12.5. The molecule has 1 unspecified atom stereocenters. The van der Waals surface area contributed by atoms with Crippen LogP contribution in [0.2, 0.25) is 0 Å². The van der Waals surface area contributed by atoms with Crippen molar-refractivity contribution in [3.05, 3.63) is 64.7 Å². The van der Waals surface area contributed by atoms with Crippen LogP contribution in [0.3, 0.4) is 0 Å². The van der Waals surface area contributed by atoms with Gasteiger partial charge in [0.2, 0.25) is 0 Å². The first-order chi connectivity index (χ1) is 13.1. The van der Waals surface area contributed by atoms with Crippen LogP contribution in [0.15, 0.2) is 48.5 Å². The summed E-state index contributed by atoms with van der Waals surface area (Å²) in [6, 6.07) is 17.0. The molecule has 1 atom stereocenters. The highest BCUT2D eigenvalue weighted by molar-refractivity contribution is 7.18. The highest BCUT2D eigenvalue weighted by Crippen LogP contribution is 2.37. The van der Waals surface area contributed by atoms with Crippen molar-refractivity contribution in [3.63, 3.8) is 0 Å². The number of aryl methyl sites for hydroxylation is 1. The number of thiazole rings is 1. The standard InChI is InChI=1S/C23H26N2OS/c1-16-8-9-20-21(14-16)27-23(24-20)22(17(2)26)19-10-12-25(13-11-19)15-18-6-4-3-5-7-18/h3-9,14,19,22H,10-13,15H2,1-2H3. The molecule has 0 aliphatic carbocycles. The van der Waals surface area contributed by atoms with Crippen LogP contribution in [-0.2, 0) is 11.3 Å². The molecule has 0 amide bonds. The molecule has 0 N–H and O–H groups in total. The maximum atomic E-state index is 12.5. The van der Waals surface area contributed by atoms with E-state index in [1.807, 2.05) is 0 Å². The van der Waals surface area contributed by atoms with Crippen LogP contribution in [-0.4, -0.2) is 28.8 Å². The van der Waals surface area contributed by atoms with Crippen molar-refractivity contribution in [1.82, 2.24) is 9.88 Å². The van der Waals surface area contributed by atoms with Crippen LogP contribution >= 0.6 is 11.3 Å². The molecule has 1 saturated heterocycles. The van der Waals surface area contributed by atoms with Crippen LogP contribution in [0.1, 0.15) is 41.8 Å². The second kappa shape index (κ2) is 7.91. The first-order valence-electron chi connectivity index (χ1n) is 9.74.